The number of amides is 1. The van der Waals surface area contributed by atoms with Crippen molar-refractivity contribution in [2.24, 2.45) is 5.92 Å². The second-order valence-corrected chi connectivity index (χ2v) is 8.69. The Balaban J connectivity index is 1.56. The van der Waals surface area contributed by atoms with E-state index in [-0.39, 0.29) is 43.5 Å². The molecule has 1 aliphatic rings. The van der Waals surface area contributed by atoms with Crippen molar-refractivity contribution in [3.8, 4) is 11.1 Å². The van der Waals surface area contributed by atoms with Crippen LogP contribution in [0.15, 0.2) is 48.5 Å². The maximum absolute atomic E-state index is 12.4. The number of carbonyl (C=O) groups excluding carboxylic acids is 2. The molecular weight excluding hydrogens is 422 g/mol. The van der Waals surface area contributed by atoms with Gasteiger partial charge in [0, 0.05) is 18.8 Å². The topological polar surface area (TPSA) is 113 Å². The second kappa shape index (κ2) is 11.1. The van der Waals surface area contributed by atoms with Crippen molar-refractivity contribution in [1.29, 1.82) is 0 Å². The second-order valence-electron chi connectivity index (χ2n) is 8.69. The molecule has 0 saturated carbocycles. The van der Waals surface area contributed by atoms with E-state index in [2.05, 4.69) is 5.32 Å². The summed E-state index contributed by atoms with van der Waals surface area (Å²) in [6.07, 6.45) is -0.807. The summed E-state index contributed by atoms with van der Waals surface area (Å²) in [6.45, 7) is 3.62. The number of carbonyl (C=O) groups is 3. The Morgan fingerprint density at radius 2 is 1.58 bits per heavy atom. The van der Waals surface area contributed by atoms with Crippen molar-refractivity contribution < 1.29 is 29.3 Å². The van der Waals surface area contributed by atoms with E-state index in [4.69, 9.17) is 4.74 Å². The van der Waals surface area contributed by atoms with Crippen LogP contribution < -0.4 is 5.32 Å². The van der Waals surface area contributed by atoms with Gasteiger partial charge in [0.25, 0.3) is 0 Å². The van der Waals surface area contributed by atoms with Crippen LogP contribution in [-0.4, -0.2) is 46.8 Å². The molecule has 3 rings (SSSR count). The van der Waals surface area contributed by atoms with Gasteiger partial charge in [0.1, 0.15) is 18.4 Å². The van der Waals surface area contributed by atoms with Crippen molar-refractivity contribution >= 4 is 17.8 Å². The third-order valence-corrected chi connectivity index (χ3v) is 6.10. The fourth-order valence-electron chi connectivity index (χ4n) is 4.46. The summed E-state index contributed by atoms with van der Waals surface area (Å²) in [5.74, 6) is -1.54. The molecule has 1 amide bonds. The molecule has 176 valence electrons. The number of carboxylic acids is 1. The lowest BCUT2D eigenvalue weighted by Gasteiger charge is -2.21. The maximum Gasteiger partial charge on any atom is 0.407 e. The summed E-state index contributed by atoms with van der Waals surface area (Å²) in [4.78, 5) is 35.6. The Bertz CT molecular complexity index is 958. The van der Waals surface area contributed by atoms with Gasteiger partial charge in [0.2, 0.25) is 0 Å². The molecule has 3 N–H and O–H groups in total. The molecule has 2 aromatic carbocycles. The minimum Gasteiger partial charge on any atom is -0.480 e. The number of benzene rings is 2. The highest BCUT2D eigenvalue weighted by Gasteiger charge is 2.30. The monoisotopic (exact) mass is 453 g/mol. The number of aliphatic hydroxyl groups is 1. The number of fused-ring (bicyclic) bond motifs is 3. The highest BCUT2D eigenvalue weighted by molar-refractivity contribution is 5.81. The number of nitrogens with one attached hydrogen (secondary N) is 1. The van der Waals surface area contributed by atoms with Crippen LogP contribution in [0.2, 0.25) is 0 Å². The fraction of sp³-hybridized carbons (Fsp3) is 0.423. The molecule has 0 aliphatic heterocycles. The Kier molecular flexibility index (Phi) is 8.22. The zero-order valence-electron chi connectivity index (χ0n) is 19.0. The van der Waals surface area contributed by atoms with Gasteiger partial charge in [0.15, 0.2) is 0 Å². The summed E-state index contributed by atoms with van der Waals surface area (Å²) in [7, 11) is 0. The lowest BCUT2D eigenvalue weighted by atomic mass is 9.93. The molecule has 7 nitrogen and oxygen atoms in total. The molecular formula is C26H31NO6. The molecule has 0 heterocycles. The first-order valence-corrected chi connectivity index (χ1v) is 11.3. The number of rotatable bonds is 11. The number of ketones is 1. The third-order valence-electron chi connectivity index (χ3n) is 6.10. The summed E-state index contributed by atoms with van der Waals surface area (Å²) in [6, 6.07) is 14.8. The Labute approximate surface area is 193 Å². The van der Waals surface area contributed by atoms with Crippen LogP contribution in [-0.2, 0) is 14.3 Å². The third kappa shape index (κ3) is 6.20. The van der Waals surface area contributed by atoms with Crippen molar-refractivity contribution in [2.75, 3.05) is 6.61 Å². The van der Waals surface area contributed by atoms with Gasteiger partial charge < -0.3 is 20.3 Å². The lowest BCUT2D eigenvalue weighted by molar-refractivity contribution is -0.140. The standard InChI is InChI=1S/C26H31NO6/c1-3-17(28)14-18(29)12-16(2)13-24(25(30)31)27-26(32)33-15-23-21-10-6-4-8-19(21)20-9-5-7-11-22(20)23/h4-11,16,18,23-24,29H,3,12-15H2,1-2H3,(H,27,32)(H,30,31)/t16-,18+,24+/m1/s1. The average Bonchev–Trinajstić information content (AvgIpc) is 3.10. The maximum atomic E-state index is 12.4. The van der Waals surface area contributed by atoms with Crippen LogP contribution >= 0.6 is 0 Å². The Morgan fingerprint density at radius 3 is 2.12 bits per heavy atom. The van der Waals surface area contributed by atoms with Gasteiger partial charge in [-0.25, -0.2) is 9.59 Å². The molecule has 33 heavy (non-hydrogen) atoms. The largest absolute Gasteiger partial charge is 0.480 e. The smallest absolute Gasteiger partial charge is 0.407 e. The van der Waals surface area contributed by atoms with Gasteiger partial charge in [-0.1, -0.05) is 62.4 Å². The van der Waals surface area contributed by atoms with Gasteiger partial charge in [-0.3, -0.25) is 4.79 Å². The molecule has 7 heteroatoms. The van der Waals surface area contributed by atoms with Crippen molar-refractivity contribution in [3.05, 3.63) is 59.7 Å². The molecule has 0 bridgehead atoms. The highest BCUT2D eigenvalue weighted by Crippen LogP contribution is 2.44. The first kappa shape index (κ1) is 24.5. The number of alkyl carbamates (subject to hydrolysis) is 1. The van der Waals surface area contributed by atoms with Crippen molar-refractivity contribution in [2.45, 2.75) is 57.6 Å². The molecule has 1 aliphatic carbocycles. The van der Waals surface area contributed by atoms with E-state index < -0.39 is 24.2 Å². The number of hydrogen-bond acceptors (Lipinski definition) is 5. The van der Waals surface area contributed by atoms with Crippen molar-refractivity contribution in [3.63, 3.8) is 0 Å². The number of aliphatic hydroxyl groups excluding tert-OH is 1. The van der Waals surface area contributed by atoms with Crippen LogP contribution in [0.3, 0.4) is 0 Å². The van der Waals surface area contributed by atoms with E-state index in [0.717, 1.165) is 22.3 Å². The Hall–Kier alpha value is -3.19. The van der Waals surface area contributed by atoms with Gasteiger partial charge in [-0.05, 0) is 41.0 Å². The van der Waals surface area contributed by atoms with E-state index in [0.29, 0.717) is 6.42 Å². The predicted molar refractivity (Wildman–Crippen MR) is 124 cm³/mol. The first-order chi connectivity index (χ1) is 15.8. The number of carboxylic acid groups (broad SMARTS) is 1. The summed E-state index contributed by atoms with van der Waals surface area (Å²) in [5, 5.41) is 22.0. The number of Topliss-reactive ketones (excluding diaryl/α,β-unsaturated/α-hetero) is 1. The lowest BCUT2D eigenvalue weighted by Crippen LogP contribution is -2.42. The first-order valence-electron chi connectivity index (χ1n) is 11.3. The van der Waals surface area contributed by atoms with Crippen molar-refractivity contribution in [1.82, 2.24) is 5.32 Å². The van der Waals surface area contributed by atoms with Gasteiger partial charge in [-0.2, -0.15) is 0 Å². The molecule has 0 spiro atoms. The van der Waals surface area contributed by atoms with E-state index in [1.165, 1.54) is 0 Å². The minimum atomic E-state index is -1.17. The quantitative estimate of drug-likeness (QED) is 0.472. The summed E-state index contributed by atoms with van der Waals surface area (Å²) in [5.41, 5.74) is 4.37. The highest BCUT2D eigenvalue weighted by atomic mass is 16.5. The van der Waals surface area contributed by atoms with Gasteiger partial charge >= 0.3 is 12.1 Å². The Morgan fingerprint density at radius 1 is 1.00 bits per heavy atom. The molecule has 0 radical (unpaired) electrons. The molecule has 0 unspecified atom stereocenters. The van der Waals surface area contributed by atoms with Crippen LogP contribution in [0.1, 0.15) is 56.6 Å². The SMILES string of the molecule is CCC(=O)C[C@@H](O)C[C@@H](C)C[C@H](NC(=O)OCC1c2ccccc2-c2ccccc21)C(=O)O. The van der Waals surface area contributed by atoms with E-state index in [1.807, 2.05) is 48.5 Å². The summed E-state index contributed by atoms with van der Waals surface area (Å²) < 4.78 is 5.44. The molecule has 0 saturated heterocycles. The van der Waals surface area contributed by atoms with E-state index >= 15 is 0 Å². The number of aliphatic carboxylic acids is 1. The molecule has 0 fully saturated rings. The van der Waals surface area contributed by atoms with Crippen LogP contribution in [0, 0.1) is 5.92 Å². The van der Waals surface area contributed by atoms with Gasteiger partial charge in [-0.15, -0.1) is 0 Å². The minimum absolute atomic E-state index is 0.0405. The molecule has 0 aromatic heterocycles. The number of hydrogen-bond donors (Lipinski definition) is 3. The molecule has 2 aromatic rings. The zero-order chi connectivity index (χ0) is 24.0. The fourth-order valence-corrected chi connectivity index (χ4v) is 4.46. The molecule has 3 atom stereocenters. The number of ether oxygens (including phenoxy) is 1. The summed E-state index contributed by atoms with van der Waals surface area (Å²) >= 11 is 0. The average molecular weight is 454 g/mol. The van der Waals surface area contributed by atoms with Crippen LogP contribution in [0.25, 0.3) is 11.1 Å². The van der Waals surface area contributed by atoms with E-state index in [9.17, 15) is 24.6 Å². The zero-order valence-corrected chi connectivity index (χ0v) is 19.0. The van der Waals surface area contributed by atoms with Gasteiger partial charge in [0.05, 0.1) is 6.10 Å². The van der Waals surface area contributed by atoms with Crippen LogP contribution in [0.5, 0.6) is 0 Å². The van der Waals surface area contributed by atoms with Crippen LogP contribution in [0.4, 0.5) is 4.79 Å². The normalized spacial score (nSPS) is 15.1. The predicted octanol–water partition coefficient (Wildman–Crippen LogP) is 4.12. The van der Waals surface area contributed by atoms with E-state index in [1.54, 1.807) is 13.8 Å².